The molecule has 0 bridgehead atoms. The second-order valence-corrected chi connectivity index (χ2v) is 2.87. The Kier molecular flexibility index (Phi) is 1.19. The Morgan fingerprint density at radius 2 is 2.30 bits per heavy atom. The predicted molar refractivity (Wildman–Crippen MR) is 38.7 cm³/mol. The van der Waals surface area contributed by atoms with E-state index in [-0.39, 0.29) is 0 Å². The van der Waals surface area contributed by atoms with E-state index >= 15 is 0 Å². The number of aromatic nitrogens is 2. The lowest BCUT2D eigenvalue weighted by atomic mass is 10.2. The van der Waals surface area contributed by atoms with E-state index in [1.165, 1.54) is 24.1 Å². The lowest BCUT2D eigenvalue weighted by molar-refractivity contribution is 0.959. The molecule has 0 saturated heterocycles. The van der Waals surface area contributed by atoms with E-state index < -0.39 is 0 Å². The quantitative estimate of drug-likeness (QED) is 0.583. The molecule has 1 aromatic heterocycles. The van der Waals surface area contributed by atoms with Crippen LogP contribution in [0.1, 0.15) is 30.0 Å². The van der Waals surface area contributed by atoms with Crippen LogP contribution in [0.5, 0.6) is 0 Å². The SMILES string of the molecule is Cc1cncnc1C1CC1. The smallest absolute Gasteiger partial charge is 0.115 e. The fourth-order valence-electron chi connectivity index (χ4n) is 1.19. The summed E-state index contributed by atoms with van der Waals surface area (Å²) in [7, 11) is 0. The molecule has 2 heteroatoms. The van der Waals surface area contributed by atoms with E-state index in [0.717, 1.165) is 5.92 Å². The van der Waals surface area contributed by atoms with Gasteiger partial charge in [-0.1, -0.05) is 0 Å². The van der Waals surface area contributed by atoms with E-state index in [9.17, 15) is 0 Å². The Morgan fingerprint density at radius 1 is 1.50 bits per heavy atom. The molecular weight excluding hydrogens is 124 g/mol. The zero-order valence-electron chi connectivity index (χ0n) is 6.04. The summed E-state index contributed by atoms with van der Waals surface area (Å²) in [5.41, 5.74) is 2.50. The molecule has 1 aliphatic carbocycles. The van der Waals surface area contributed by atoms with E-state index in [1.807, 2.05) is 6.20 Å². The zero-order chi connectivity index (χ0) is 6.97. The van der Waals surface area contributed by atoms with Crippen LogP contribution in [0.15, 0.2) is 12.5 Å². The van der Waals surface area contributed by atoms with Gasteiger partial charge < -0.3 is 0 Å². The van der Waals surface area contributed by atoms with Crippen molar-refractivity contribution < 1.29 is 0 Å². The number of hydrogen-bond donors (Lipinski definition) is 0. The van der Waals surface area contributed by atoms with Crippen molar-refractivity contribution >= 4 is 0 Å². The summed E-state index contributed by atoms with van der Waals surface area (Å²) in [4.78, 5) is 8.17. The van der Waals surface area contributed by atoms with Gasteiger partial charge >= 0.3 is 0 Å². The molecule has 1 aliphatic rings. The molecule has 2 nitrogen and oxygen atoms in total. The monoisotopic (exact) mass is 134 g/mol. The summed E-state index contributed by atoms with van der Waals surface area (Å²) in [6, 6.07) is 0. The lowest BCUT2D eigenvalue weighted by Crippen LogP contribution is -1.91. The normalized spacial score (nSPS) is 17.3. The van der Waals surface area contributed by atoms with Gasteiger partial charge in [0.1, 0.15) is 6.33 Å². The van der Waals surface area contributed by atoms with Crippen LogP contribution in [0.3, 0.4) is 0 Å². The Balaban J connectivity index is 2.39. The minimum atomic E-state index is 0.753. The van der Waals surface area contributed by atoms with Gasteiger partial charge in [-0.05, 0) is 25.3 Å². The van der Waals surface area contributed by atoms with Crippen LogP contribution in [0, 0.1) is 6.92 Å². The van der Waals surface area contributed by atoms with Gasteiger partial charge in [-0.15, -0.1) is 0 Å². The molecule has 0 aliphatic heterocycles. The molecule has 0 spiro atoms. The van der Waals surface area contributed by atoms with Crippen LogP contribution in [0.4, 0.5) is 0 Å². The van der Waals surface area contributed by atoms with Crippen LogP contribution >= 0.6 is 0 Å². The van der Waals surface area contributed by atoms with Crippen LogP contribution in [-0.2, 0) is 0 Å². The third kappa shape index (κ3) is 0.897. The maximum Gasteiger partial charge on any atom is 0.115 e. The van der Waals surface area contributed by atoms with E-state index in [4.69, 9.17) is 0 Å². The fourth-order valence-corrected chi connectivity index (χ4v) is 1.19. The second-order valence-electron chi connectivity index (χ2n) is 2.87. The second kappa shape index (κ2) is 2.04. The van der Waals surface area contributed by atoms with Crippen LogP contribution in [0.2, 0.25) is 0 Å². The molecule has 0 aromatic carbocycles. The first-order chi connectivity index (χ1) is 4.88. The van der Waals surface area contributed by atoms with E-state index in [0.29, 0.717) is 0 Å². The standard InChI is InChI=1S/C8H10N2/c1-6-4-9-5-10-8(6)7-2-3-7/h4-5,7H,2-3H2,1H3. The predicted octanol–water partition coefficient (Wildman–Crippen LogP) is 1.66. The van der Waals surface area contributed by atoms with Crippen molar-refractivity contribution in [3.8, 4) is 0 Å². The summed E-state index contributed by atoms with van der Waals surface area (Å²) in [6.07, 6.45) is 6.16. The first-order valence-corrected chi connectivity index (χ1v) is 3.64. The van der Waals surface area contributed by atoms with E-state index in [2.05, 4.69) is 16.9 Å². The third-order valence-corrected chi connectivity index (χ3v) is 1.90. The largest absolute Gasteiger partial charge is 0.245 e. The van der Waals surface area contributed by atoms with Gasteiger partial charge in [-0.3, -0.25) is 0 Å². The topological polar surface area (TPSA) is 25.8 Å². The van der Waals surface area contributed by atoms with E-state index in [1.54, 1.807) is 6.33 Å². The summed E-state index contributed by atoms with van der Waals surface area (Å²) < 4.78 is 0. The van der Waals surface area contributed by atoms with Crippen LogP contribution in [0.25, 0.3) is 0 Å². The van der Waals surface area contributed by atoms with Crippen LogP contribution in [-0.4, -0.2) is 9.97 Å². The van der Waals surface area contributed by atoms with Crippen molar-refractivity contribution in [1.82, 2.24) is 9.97 Å². The van der Waals surface area contributed by atoms with Crippen molar-refractivity contribution in [2.45, 2.75) is 25.7 Å². The van der Waals surface area contributed by atoms with Crippen LogP contribution < -0.4 is 0 Å². The van der Waals surface area contributed by atoms with Crippen molar-refractivity contribution in [3.63, 3.8) is 0 Å². The highest BCUT2D eigenvalue weighted by Gasteiger charge is 2.26. The molecule has 1 aromatic rings. The highest BCUT2D eigenvalue weighted by Crippen LogP contribution is 2.39. The molecule has 0 N–H and O–H groups in total. The van der Waals surface area contributed by atoms with Crippen molar-refractivity contribution in [2.24, 2.45) is 0 Å². The average molecular weight is 134 g/mol. The summed E-state index contributed by atoms with van der Waals surface area (Å²) >= 11 is 0. The molecule has 1 heterocycles. The summed E-state index contributed by atoms with van der Waals surface area (Å²) in [5.74, 6) is 0.753. The molecule has 0 unspecified atom stereocenters. The average Bonchev–Trinajstić information content (AvgIpc) is 2.71. The minimum absolute atomic E-state index is 0.753. The fraction of sp³-hybridized carbons (Fsp3) is 0.500. The van der Waals surface area contributed by atoms with Crippen molar-refractivity contribution in [3.05, 3.63) is 23.8 Å². The molecule has 52 valence electrons. The number of aryl methyl sites for hydroxylation is 1. The van der Waals surface area contributed by atoms with Crippen molar-refractivity contribution in [2.75, 3.05) is 0 Å². The zero-order valence-corrected chi connectivity index (χ0v) is 6.04. The molecule has 1 saturated carbocycles. The van der Waals surface area contributed by atoms with Gasteiger partial charge in [0.05, 0.1) is 0 Å². The van der Waals surface area contributed by atoms with Gasteiger partial charge in [0.15, 0.2) is 0 Å². The Hall–Kier alpha value is -0.920. The van der Waals surface area contributed by atoms with Gasteiger partial charge in [0, 0.05) is 17.8 Å². The first kappa shape index (κ1) is 5.83. The molecule has 0 atom stereocenters. The van der Waals surface area contributed by atoms with Gasteiger partial charge in [0.25, 0.3) is 0 Å². The minimum Gasteiger partial charge on any atom is -0.245 e. The highest BCUT2D eigenvalue weighted by molar-refractivity contribution is 5.21. The van der Waals surface area contributed by atoms with Gasteiger partial charge in [0.2, 0.25) is 0 Å². The number of nitrogens with zero attached hydrogens (tertiary/aromatic N) is 2. The van der Waals surface area contributed by atoms with Crippen molar-refractivity contribution in [1.29, 1.82) is 0 Å². The summed E-state index contributed by atoms with van der Waals surface area (Å²) in [6.45, 7) is 2.08. The Morgan fingerprint density at radius 3 is 2.90 bits per heavy atom. The molecule has 1 fully saturated rings. The molecule has 10 heavy (non-hydrogen) atoms. The number of rotatable bonds is 1. The molecule has 2 rings (SSSR count). The molecular formula is C8H10N2. The Bertz CT molecular complexity index is 241. The summed E-state index contributed by atoms with van der Waals surface area (Å²) in [5, 5.41) is 0. The lowest BCUT2D eigenvalue weighted by Gasteiger charge is -1.98. The van der Waals surface area contributed by atoms with Gasteiger partial charge in [-0.2, -0.15) is 0 Å². The third-order valence-electron chi connectivity index (χ3n) is 1.90. The van der Waals surface area contributed by atoms with Gasteiger partial charge in [-0.25, -0.2) is 9.97 Å². The maximum atomic E-state index is 4.23. The molecule has 0 radical (unpaired) electrons. The maximum absolute atomic E-state index is 4.23. The highest BCUT2D eigenvalue weighted by atomic mass is 14.8. The molecule has 0 amide bonds. The first-order valence-electron chi connectivity index (χ1n) is 3.64. The number of hydrogen-bond acceptors (Lipinski definition) is 2. The Labute approximate surface area is 60.3 Å².